The second kappa shape index (κ2) is 8.79. The minimum absolute atomic E-state index is 0.0341. The predicted octanol–water partition coefficient (Wildman–Crippen LogP) is 3.76. The molecule has 1 amide bonds. The van der Waals surface area contributed by atoms with Gasteiger partial charge in [0.05, 0.1) is 6.26 Å². The molecule has 0 unspecified atom stereocenters. The van der Waals surface area contributed by atoms with Gasteiger partial charge in [-0.05, 0) is 43.4 Å². The Morgan fingerprint density at radius 2 is 2.21 bits per heavy atom. The van der Waals surface area contributed by atoms with Crippen LogP contribution in [0.5, 0.6) is 0 Å². The number of rotatable bonds is 6. The molecule has 0 aromatic carbocycles. The summed E-state index contributed by atoms with van der Waals surface area (Å²) in [5.41, 5.74) is 1.01. The highest BCUT2D eigenvalue weighted by molar-refractivity contribution is 7.13. The van der Waals surface area contributed by atoms with Gasteiger partial charge in [-0.25, -0.2) is 15.0 Å². The standard InChI is InChI=1S/C20H21N5O2S/c26-19(4-3-17-2-1-10-27-17)25-8-5-15(6-9-25)12-16-13-18(23-14-22-16)24-20-21-7-11-28-20/h1-4,7,10-11,13-15H,5-6,8-9,12H2,(H,21,22,23,24)/b4-3+. The molecule has 0 bridgehead atoms. The van der Waals surface area contributed by atoms with E-state index in [1.54, 1.807) is 37.0 Å². The molecule has 1 aliphatic rings. The number of carbonyl (C=O) groups is 1. The first-order valence-corrected chi connectivity index (χ1v) is 10.1. The third-order valence-electron chi connectivity index (χ3n) is 4.75. The average molecular weight is 395 g/mol. The van der Waals surface area contributed by atoms with E-state index in [0.29, 0.717) is 11.7 Å². The fraction of sp³-hybridized carbons (Fsp3) is 0.300. The first-order chi connectivity index (χ1) is 13.8. The molecule has 8 heteroatoms. The predicted molar refractivity (Wildman–Crippen MR) is 108 cm³/mol. The monoisotopic (exact) mass is 395 g/mol. The highest BCUT2D eigenvalue weighted by Gasteiger charge is 2.22. The number of likely N-dealkylation sites (tertiary alicyclic amines) is 1. The van der Waals surface area contributed by atoms with Crippen molar-refractivity contribution in [3.8, 4) is 0 Å². The van der Waals surface area contributed by atoms with E-state index in [2.05, 4.69) is 20.3 Å². The van der Waals surface area contributed by atoms with Crippen molar-refractivity contribution < 1.29 is 9.21 Å². The number of hydrogen-bond acceptors (Lipinski definition) is 7. The highest BCUT2D eigenvalue weighted by Crippen LogP contribution is 2.23. The lowest BCUT2D eigenvalue weighted by Gasteiger charge is -2.31. The van der Waals surface area contributed by atoms with E-state index in [0.717, 1.165) is 49.0 Å². The van der Waals surface area contributed by atoms with E-state index in [9.17, 15) is 4.79 Å². The van der Waals surface area contributed by atoms with Gasteiger partial charge in [-0.2, -0.15) is 0 Å². The lowest BCUT2D eigenvalue weighted by molar-refractivity contribution is -0.127. The third kappa shape index (κ3) is 4.83. The zero-order valence-electron chi connectivity index (χ0n) is 15.3. The van der Waals surface area contributed by atoms with E-state index in [-0.39, 0.29) is 5.91 Å². The van der Waals surface area contributed by atoms with Gasteiger partial charge in [0, 0.05) is 42.5 Å². The van der Waals surface area contributed by atoms with Gasteiger partial charge < -0.3 is 14.6 Å². The van der Waals surface area contributed by atoms with E-state index in [1.165, 1.54) is 11.3 Å². The molecule has 0 aliphatic carbocycles. The summed E-state index contributed by atoms with van der Waals surface area (Å²) >= 11 is 1.53. The number of carbonyl (C=O) groups excluding carboxylic acids is 1. The molecule has 1 fully saturated rings. The maximum atomic E-state index is 12.3. The molecule has 3 aromatic rings. The van der Waals surface area contributed by atoms with Gasteiger partial charge in [-0.15, -0.1) is 11.3 Å². The lowest BCUT2D eigenvalue weighted by atomic mass is 9.92. The molecule has 144 valence electrons. The number of nitrogens with one attached hydrogen (secondary N) is 1. The minimum atomic E-state index is 0.0341. The number of hydrogen-bond donors (Lipinski definition) is 1. The van der Waals surface area contributed by atoms with Crippen LogP contribution in [0.3, 0.4) is 0 Å². The van der Waals surface area contributed by atoms with Crippen molar-refractivity contribution in [2.45, 2.75) is 19.3 Å². The van der Waals surface area contributed by atoms with E-state index in [1.807, 2.05) is 22.4 Å². The second-order valence-electron chi connectivity index (χ2n) is 6.68. The SMILES string of the molecule is O=C(/C=C/c1ccco1)N1CCC(Cc2cc(Nc3nccs3)ncn2)CC1. The minimum Gasteiger partial charge on any atom is -0.465 e. The van der Waals surface area contributed by atoms with Crippen LogP contribution in [0.1, 0.15) is 24.3 Å². The maximum absolute atomic E-state index is 12.3. The maximum Gasteiger partial charge on any atom is 0.246 e. The largest absolute Gasteiger partial charge is 0.465 e. The molecule has 1 saturated heterocycles. The molecule has 0 spiro atoms. The summed E-state index contributed by atoms with van der Waals surface area (Å²) in [7, 11) is 0. The average Bonchev–Trinajstić information content (AvgIpc) is 3.41. The summed E-state index contributed by atoms with van der Waals surface area (Å²) in [5, 5.41) is 5.94. The van der Waals surface area contributed by atoms with Crippen molar-refractivity contribution in [3.63, 3.8) is 0 Å². The van der Waals surface area contributed by atoms with Crippen molar-refractivity contribution in [2.24, 2.45) is 5.92 Å². The second-order valence-corrected chi connectivity index (χ2v) is 7.57. The Kier molecular flexibility index (Phi) is 5.77. The molecule has 7 nitrogen and oxygen atoms in total. The number of nitrogens with zero attached hydrogens (tertiary/aromatic N) is 4. The summed E-state index contributed by atoms with van der Waals surface area (Å²) in [6, 6.07) is 5.61. The van der Waals surface area contributed by atoms with Crippen LogP contribution in [0.4, 0.5) is 10.9 Å². The third-order valence-corrected chi connectivity index (χ3v) is 5.44. The lowest BCUT2D eigenvalue weighted by Crippen LogP contribution is -2.38. The molecule has 4 heterocycles. The zero-order chi connectivity index (χ0) is 19.2. The van der Waals surface area contributed by atoms with Crippen molar-refractivity contribution >= 4 is 34.3 Å². The Balaban J connectivity index is 1.28. The van der Waals surface area contributed by atoms with Crippen LogP contribution in [0, 0.1) is 5.92 Å². The van der Waals surface area contributed by atoms with Crippen LogP contribution in [0.15, 0.2) is 52.9 Å². The topological polar surface area (TPSA) is 84.2 Å². The van der Waals surface area contributed by atoms with Gasteiger partial charge in [-0.3, -0.25) is 4.79 Å². The number of piperidine rings is 1. The molecule has 1 N–H and O–H groups in total. The molecule has 28 heavy (non-hydrogen) atoms. The molecule has 0 radical (unpaired) electrons. The quantitative estimate of drug-likeness (QED) is 0.640. The van der Waals surface area contributed by atoms with Crippen molar-refractivity contribution in [1.29, 1.82) is 0 Å². The number of anilines is 2. The Labute approximate surface area is 167 Å². The van der Waals surface area contributed by atoms with Crippen LogP contribution in [-0.2, 0) is 11.2 Å². The summed E-state index contributed by atoms with van der Waals surface area (Å²) < 4.78 is 5.22. The van der Waals surface area contributed by atoms with Crippen LogP contribution in [-0.4, -0.2) is 38.8 Å². The van der Waals surface area contributed by atoms with Crippen LogP contribution >= 0.6 is 11.3 Å². The van der Waals surface area contributed by atoms with E-state index >= 15 is 0 Å². The Bertz CT molecular complexity index is 916. The molecule has 0 saturated carbocycles. The first-order valence-electron chi connectivity index (χ1n) is 9.24. The summed E-state index contributed by atoms with van der Waals surface area (Å²) in [5.74, 6) is 2.00. The molecule has 1 aliphatic heterocycles. The van der Waals surface area contributed by atoms with E-state index < -0.39 is 0 Å². The van der Waals surface area contributed by atoms with E-state index in [4.69, 9.17) is 4.42 Å². The van der Waals surface area contributed by atoms with Crippen molar-refractivity contribution in [2.75, 3.05) is 18.4 Å². The summed E-state index contributed by atoms with van der Waals surface area (Å²) in [4.78, 5) is 27.1. The van der Waals surface area contributed by atoms with Gasteiger partial charge in [0.1, 0.15) is 17.9 Å². The Hall–Kier alpha value is -3.00. The summed E-state index contributed by atoms with van der Waals surface area (Å²) in [6.07, 6.45) is 11.1. The number of aromatic nitrogens is 3. The Morgan fingerprint density at radius 1 is 1.32 bits per heavy atom. The van der Waals surface area contributed by atoms with Gasteiger partial charge in [0.25, 0.3) is 0 Å². The number of furan rings is 1. The molecular formula is C20H21N5O2S. The molecule has 4 rings (SSSR count). The normalized spacial score (nSPS) is 15.2. The van der Waals surface area contributed by atoms with Gasteiger partial charge in [0.2, 0.25) is 5.91 Å². The van der Waals surface area contributed by atoms with Gasteiger partial charge in [0.15, 0.2) is 5.13 Å². The highest BCUT2D eigenvalue weighted by atomic mass is 32.1. The summed E-state index contributed by atoms with van der Waals surface area (Å²) in [6.45, 7) is 1.53. The fourth-order valence-corrected chi connectivity index (χ4v) is 3.81. The van der Waals surface area contributed by atoms with Crippen LogP contribution in [0.2, 0.25) is 0 Å². The zero-order valence-corrected chi connectivity index (χ0v) is 16.1. The number of amides is 1. The van der Waals surface area contributed by atoms with Crippen LogP contribution < -0.4 is 5.32 Å². The van der Waals surface area contributed by atoms with Crippen molar-refractivity contribution in [3.05, 3.63) is 59.9 Å². The first kappa shape index (κ1) is 18.4. The smallest absolute Gasteiger partial charge is 0.246 e. The molecule has 3 aromatic heterocycles. The molecular weight excluding hydrogens is 374 g/mol. The molecule has 0 atom stereocenters. The van der Waals surface area contributed by atoms with Gasteiger partial charge in [-0.1, -0.05) is 0 Å². The number of thiazole rings is 1. The van der Waals surface area contributed by atoms with Crippen molar-refractivity contribution in [1.82, 2.24) is 19.9 Å². The Morgan fingerprint density at radius 3 is 2.96 bits per heavy atom. The van der Waals surface area contributed by atoms with Crippen LogP contribution in [0.25, 0.3) is 6.08 Å². The fourth-order valence-electron chi connectivity index (χ4n) is 3.27. The van der Waals surface area contributed by atoms with Gasteiger partial charge >= 0.3 is 0 Å².